The van der Waals surface area contributed by atoms with E-state index >= 15 is 0 Å². The average Bonchev–Trinajstić information content (AvgIpc) is 2.57. The van der Waals surface area contributed by atoms with Gasteiger partial charge in [-0.3, -0.25) is 9.59 Å². The molecular weight excluding hydrogens is 306 g/mol. The summed E-state index contributed by atoms with van der Waals surface area (Å²) in [7, 11) is 1.36. The Balaban J connectivity index is 1.85. The normalized spacial score (nSPS) is 10.1. The average molecular weight is 327 g/mol. The Bertz CT molecular complexity index is 723. The lowest BCUT2D eigenvalue weighted by Gasteiger charge is -2.09. The molecule has 24 heavy (non-hydrogen) atoms. The van der Waals surface area contributed by atoms with E-state index in [1.54, 1.807) is 24.3 Å². The van der Waals surface area contributed by atoms with Crippen LogP contribution in [0.15, 0.2) is 42.5 Å². The fourth-order valence-electron chi connectivity index (χ4n) is 2.11. The number of esters is 1. The van der Waals surface area contributed by atoms with Crippen molar-refractivity contribution in [2.24, 2.45) is 0 Å². The number of hydrogen-bond donors (Lipinski definition) is 1. The lowest BCUT2D eigenvalue weighted by Crippen LogP contribution is -2.20. The van der Waals surface area contributed by atoms with Crippen molar-refractivity contribution in [3.05, 3.63) is 59.2 Å². The number of anilines is 1. The number of ether oxygens (including phenoxy) is 2. The third kappa shape index (κ3) is 5.12. The maximum Gasteiger partial charge on any atom is 0.309 e. The Labute approximate surface area is 141 Å². The lowest BCUT2D eigenvalue weighted by atomic mass is 10.1. The third-order valence-corrected chi connectivity index (χ3v) is 3.66. The minimum absolute atomic E-state index is 0.0801. The Morgan fingerprint density at radius 1 is 1.00 bits per heavy atom. The van der Waals surface area contributed by atoms with E-state index in [1.165, 1.54) is 12.7 Å². The van der Waals surface area contributed by atoms with Crippen molar-refractivity contribution in [3.8, 4) is 5.75 Å². The van der Waals surface area contributed by atoms with Gasteiger partial charge in [0.25, 0.3) is 5.91 Å². The van der Waals surface area contributed by atoms with Crippen molar-refractivity contribution in [1.82, 2.24) is 0 Å². The van der Waals surface area contributed by atoms with Gasteiger partial charge in [-0.2, -0.15) is 0 Å². The molecule has 0 radical (unpaired) electrons. The highest BCUT2D eigenvalue weighted by atomic mass is 16.5. The van der Waals surface area contributed by atoms with E-state index in [4.69, 9.17) is 4.74 Å². The molecule has 5 nitrogen and oxygen atoms in total. The predicted molar refractivity (Wildman–Crippen MR) is 92.2 cm³/mol. The van der Waals surface area contributed by atoms with Gasteiger partial charge in [0.15, 0.2) is 6.61 Å². The quantitative estimate of drug-likeness (QED) is 0.828. The zero-order chi connectivity index (χ0) is 17.5. The Hall–Kier alpha value is -2.82. The molecular formula is C19H21NO4. The third-order valence-electron chi connectivity index (χ3n) is 3.66. The lowest BCUT2D eigenvalue weighted by molar-refractivity contribution is -0.139. The second-order valence-electron chi connectivity index (χ2n) is 5.53. The smallest absolute Gasteiger partial charge is 0.309 e. The van der Waals surface area contributed by atoms with E-state index in [0.29, 0.717) is 5.75 Å². The molecule has 1 N–H and O–H groups in total. The minimum atomic E-state index is -0.295. The van der Waals surface area contributed by atoms with E-state index in [9.17, 15) is 9.59 Å². The zero-order valence-corrected chi connectivity index (χ0v) is 14.1. The molecule has 0 aliphatic heterocycles. The second kappa shape index (κ2) is 8.15. The highest BCUT2D eigenvalue weighted by molar-refractivity contribution is 5.92. The summed E-state index contributed by atoms with van der Waals surface area (Å²) in [6, 6.07) is 12.7. The molecule has 0 aliphatic carbocycles. The molecule has 0 aliphatic rings. The molecule has 0 saturated carbocycles. The standard InChI is InChI=1S/C19H21NO4/c1-13-4-7-16(10-14(13)2)20-18(21)12-24-17-8-5-15(6-9-17)11-19(22)23-3/h4-10H,11-12H2,1-3H3,(H,20,21). The number of carbonyl (C=O) groups excluding carboxylic acids is 2. The summed E-state index contributed by atoms with van der Waals surface area (Å²) in [5.74, 6) is 0.0483. The summed E-state index contributed by atoms with van der Waals surface area (Å²) in [4.78, 5) is 23.1. The van der Waals surface area contributed by atoms with E-state index in [1.807, 2.05) is 32.0 Å². The molecule has 0 spiro atoms. The molecule has 0 aromatic heterocycles. The Kier molecular flexibility index (Phi) is 5.95. The van der Waals surface area contributed by atoms with Gasteiger partial charge in [-0.05, 0) is 54.8 Å². The molecule has 2 aromatic carbocycles. The van der Waals surface area contributed by atoms with Crippen molar-refractivity contribution >= 4 is 17.6 Å². The van der Waals surface area contributed by atoms with E-state index in [-0.39, 0.29) is 24.9 Å². The fourth-order valence-corrected chi connectivity index (χ4v) is 2.11. The first-order valence-electron chi connectivity index (χ1n) is 7.63. The Morgan fingerprint density at radius 2 is 1.71 bits per heavy atom. The van der Waals surface area contributed by atoms with Crippen LogP contribution in [0, 0.1) is 13.8 Å². The van der Waals surface area contributed by atoms with Gasteiger partial charge in [-0.1, -0.05) is 18.2 Å². The van der Waals surface area contributed by atoms with Crippen LogP contribution in [0.3, 0.4) is 0 Å². The number of aryl methyl sites for hydroxylation is 2. The summed E-state index contributed by atoms with van der Waals surface area (Å²) < 4.78 is 10.1. The van der Waals surface area contributed by atoms with Gasteiger partial charge in [0.1, 0.15) is 5.75 Å². The first-order chi connectivity index (χ1) is 11.5. The molecule has 5 heteroatoms. The van der Waals surface area contributed by atoms with Crippen LogP contribution in [0.2, 0.25) is 0 Å². The van der Waals surface area contributed by atoms with E-state index in [2.05, 4.69) is 10.1 Å². The first kappa shape index (κ1) is 17.5. The van der Waals surface area contributed by atoms with Crippen LogP contribution >= 0.6 is 0 Å². The van der Waals surface area contributed by atoms with Crippen molar-refractivity contribution in [2.75, 3.05) is 19.0 Å². The van der Waals surface area contributed by atoms with E-state index in [0.717, 1.165) is 16.8 Å². The zero-order valence-electron chi connectivity index (χ0n) is 14.1. The predicted octanol–water partition coefficient (Wildman–Crippen LogP) is 3.04. The van der Waals surface area contributed by atoms with Crippen LogP contribution in [-0.4, -0.2) is 25.6 Å². The molecule has 0 heterocycles. The second-order valence-corrected chi connectivity index (χ2v) is 5.53. The van der Waals surface area contributed by atoms with E-state index < -0.39 is 0 Å². The molecule has 0 bridgehead atoms. The molecule has 2 rings (SSSR count). The van der Waals surface area contributed by atoms with Crippen LogP contribution in [-0.2, 0) is 20.7 Å². The fraction of sp³-hybridized carbons (Fsp3) is 0.263. The summed E-state index contributed by atoms with van der Waals surface area (Å²) in [6.07, 6.45) is 0.212. The number of nitrogens with one attached hydrogen (secondary N) is 1. The highest BCUT2D eigenvalue weighted by Gasteiger charge is 2.06. The molecule has 0 saturated heterocycles. The van der Waals surface area contributed by atoms with Gasteiger partial charge in [0, 0.05) is 5.69 Å². The Morgan fingerprint density at radius 3 is 2.33 bits per heavy atom. The number of hydrogen-bond acceptors (Lipinski definition) is 4. The molecule has 126 valence electrons. The van der Waals surface area contributed by atoms with Gasteiger partial charge in [-0.25, -0.2) is 0 Å². The maximum absolute atomic E-state index is 11.9. The van der Waals surface area contributed by atoms with Crippen LogP contribution in [0.4, 0.5) is 5.69 Å². The van der Waals surface area contributed by atoms with Crippen molar-refractivity contribution in [3.63, 3.8) is 0 Å². The van der Waals surface area contributed by atoms with Crippen LogP contribution < -0.4 is 10.1 Å². The van der Waals surface area contributed by atoms with Gasteiger partial charge < -0.3 is 14.8 Å². The minimum Gasteiger partial charge on any atom is -0.484 e. The largest absolute Gasteiger partial charge is 0.484 e. The highest BCUT2D eigenvalue weighted by Crippen LogP contribution is 2.15. The topological polar surface area (TPSA) is 64.6 Å². The number of benzene rings is 2. The van der Waals surface area contributed by atoms with Gasteiger partial charge >= 0.3 is 5.97 Å². The van der Waals surface area contributed by atoms with Gasteiger partial charge in [0.05, 0.1) is 13.5 Å². The van der Waals surface area contributed by atoms with Crippen LogP contribution in [0.5, 0.6) is 5.75 Å². The van der Waals surface area contributed by atoms with Crippen molar-refractivity contribution < 1.29 is 19.1 Å². The summed E-state index contributed by atoms with van der Waals surface area (Å²) in [5.41, 5.74) is 3.88. The number of methoxy groups -OCH3 is 1. The van der Waals surface area contributed by atoms with Gasteiger partial charge in [0.2, 0.25) is 0 Å². The van der Waals surface area contributed by atoms with Crippen molar-refractivity contribution in [1.29, 1.82) is 0 Å². The summed E-state index contributed by atoms with van der Waals surface area (Å²) >= 11 is 0. The molecule has 0 atom stereocenters. The number of carbonyl (C=O) groups is 2. The van der Waals surface area contributed by atoms with Crippen LogP contribution in [0.1, 0.15) is 16.7 Å². The molecule has 0 fully saturated rings. The van der Waals surface area contributed by atoms with Crippen molar-refractivity contribution in [2.45, 2.75) is 20.3 Å². The summed E-state index contributed by atoms with van der Waals surface area (Å²) in [6.45, 7) is 3.94. The molecule has 2 aromatic rings. The van der Waals surface area contributed by atoms with Gasteiger partial charge in [-0.15, -0.1) is 0 Å². The monoisotopic (exact) mass is 327 g/mol. The maximum atomic E-state index is 11.9. The summed E-state index contributed by atoms with van der Waals surface area (Å²) in [5, 5.41) is 2.80. The first-order valence-corrected chi connectivity index (χ1v) is 7.63. The molecule has 0 unspecified atom stereocenters. The SMILES string of the molecule is COC(=O)Cc1ccc(OCC(=O)Nc2ccc(C)c(C)c2)cc1. The molecule has 1 amide bonds. The van der Waals surface area contributed by atoms with Crippen LogP contribution in [0.25, 0.3) is 0 Å². The number of rotatable bonds is 6. The number of amides is 1.